The maximum absolute atomic E-state index is 11.1. The zero-order chi connectivity index (χ0) is 14.5. The van der Waals surface area contributed by atoms with E-state index < -0.39 is 48.9 Å². The number of carbonyl (C=O) groups excluding carboxylic acids is 1. The second-order valence-electron chi connectivity index (χ2n) is 3.73. The fraction of sp³-hybridized carbons (Fsp3) is 0.778. The van der Waals surface area contributed by atoms with Crippen molar-refractivity contribution in [1.29, 1.82) is 0 Å². The van der Waals surface area contributed by atoms with Gasteiger partial charge in [0.25, 0.3) is 0 Å². The van der Waals surface area contributed by atoms with Crippen LogP contribution in [0.1, 0.15) is 6.92 Å². The molecule has 0 saturated heterocycles. The van der Waals surface area contributed by atoms with Crippen molar-refractivity contribution in [3.8, 4) is 0 Å². The molecule has 1 amide bonds. The molecule has 0 bridgehead atoms. The molecule has 5 atom stereocenters. The van der Waals surface area contributed by atoms with Crippen LogP contribution in [-0.4, -0.2) is 79.6 Å². The highest BCUT2D eigenvalue weighted by Gasteiger charge is 2.36. The first-order valence-corrected chi connectivity index (χ1v) is 5.08. The molecule has 0 unspecified atom stereocenters. The van der Waals surface area contributed by atoms with E-state index in [1.54, 1.807) is 5.32 Å². The van der Waals surface area contributed by atoms with E-state index in [9.17, 15) is 19.8 Å². The number of rotatable bonds is 7. The molecule has 0 rings (SSSR count). The van der Waals surface area contributed by atoms with E-state index in [4.69, 9.17) is 20.4 Å². The lowest BCUT2D eigenvalue weighted by Gasteiger charge is -2.27. The molecule has 0 aliphatic heterocycles. The Kier molecular flexibility index (Phi) is 6.73. The Morgan fingerprint density at radius 3 is 1.94 bits per heavy atom. The number of hydrogen-bond acceptors (Lipinski definition) is 7. The third-order valence-corrected chi connectivity index (χ3v) is 2.22. The van der Waals surface area contributed by atoms with Crippen LogP contribution in [0.3, 0.4) is 0 Å². The smallest absolute Gasteiger partial charge is 0.329 e. The minimum atomic E-state index is -2.05. The Morgan fingerprint density at radius 2 is 1.61 bits per heavy atom. The number of nitrogens with one attached hydrogen (secondary N) is 1. The first-order chi connectivity index (χ1) is 8.22. The van der Waals surface area contributed by atoms with Gasteiger partial charge in [-0.2, -0.15) is 0 Å². The van der Waals surface area contributed by atoms with Crippen LogP contribution >= 0.6 is 0 Å². The van der Waals surface area contributed by atoms with Gasteiger partial charge in [-0.05, 0) is 6.92 Å². The summed E-state index contributed by atoms with van der Waals surface area (Å²) in [6.07, 6.45) is -7.28. The number of amides is 1. The lowest BCUT2D eigenvalue weighted by molar-refractivity contribution is -0.152. The summed E-state index contributed by atoms with van der Waals surface area (Å²) in [6.45, 7) is 0.189. The average molecular weight is 267 g/mol. The number of carboxylic acids is 1. The summed E-state index contributed by atoms with van der Waals surface area (Å²) in [6, 6.07) is -1.93. The van der Waals surface area contributed by atoms with E-state index in [-0.39, 0.29) is 0 Å². The molecule has 0 aromatic carbocycles. The molecule has 0 aromatic rings. The van der Waals surface area contributed by atoms with Crippen molar-refractivity contribution >= 4 is 11.9 Å². The summed E-state index contributed by atoms with van der Waals surface area (Å²) < 4.78 is 0. The van der Waals surface area contributed by atoms with Crippen LogP contribution in [0.25, 0.3) is 0 Å². The standard InChI is InChI=1S/C9H17NO8/c1-3(12)8(16)10-5(9(17)18)7(15)6(14)4(13)2-11/h3-7,11-15H,2H2,1H3,(H,10,16)(H,17,18)/t3-,4+,5+,6+,7+/m0/s1. The highest BCUT2D eigenvalue weighted by Crippen LogP contribution is 2.06. The Hall–Kier alpha value is -1.26. The quantitative estimate of drug-likeness (QED) is 0.245. The number of aliphatic carboxylic acids is 1. The third kappa shape index (κ3) is 4.55. The maximum Gasteiger partial charge on any atom is 0.329 e. The molecule has 7 N–H and O–H groups in total. The van der Waals surface area contributed by atoms with Crippen molar-refractivity contribution < 1.29 is 40.2 Å². The first kappa shape index (κ1) is 16.7. The molecule has 9 nitrogen and oxygen atoms in total. The van der Waals surface area contributed by atoms with Crippen LogP contribution in [0, 0.1) is 0 Å². The SMILES string of the molecule is C[C@H](O)C(=O)N[C@@H](C(=O)O)[C@@H](O)[C@H](O)[C@H](O)CO. The van der Waals surface area contributed by atoms with Gasteiger partial charge in [-0.3, -0.25) is 4.79 Å². The number of carboxylic acid groups (broad SMARTS) is 1. The third-order valence-electron chi connectivity index (χ3n) is 2.22. The van der Waals surface area contributed by atoms with Gasteiger partial charge in [0.05, 0.1) is 6.61 Å². The van der Waals surface area contributed by atoms with E-state index in [0.717, 1.165) is 6.92 Å². The second-order valence-corrected chi connectivity index (χ2v) is 3.73. The van der Waals surface area contributed by atoms with Crippen LogP contribution in [-0.2, 0) is 9.59 Å². The van der Waals surface area contributed by atoms with Crippen molar-refractivity contribution in [3.63, 3.8) is 0 Å². The molecule has 18 heavy (non-hydrogen) atoms. The minimum absolute atomic E-state index is 0.894. The topological polar surface area (TPSA) is 168 Å². The van der Waals surface area contributed by atoms with Crippen LogP contribution in [0.5, 0.6) is 0 Å². The number of hydrogen-bond donors (Lipinski definition) is 7. The molecule has 0 saturated carbocycles. The zero-order valence-corrected chi connectivity index (χ0v) is 9.59. The fourth-order valence-electron chi connectivity index (χ4n) is 1.10. The van der Waals surface area contributed by atoms with Crippen LogP contribution in [0.2, 0.25) is 0 Å². The van der Waals surface area contributed by atoms with E-state index in [0.29, 0.717) is 0 Å². The fourth-order valence-corrected chi connectivity index (χ4v) is 1.10. The van der Waals surface area contributed by atoms with Crippen molar-refractivity contribution in [2.24, 2.45) is 0 Å². The minimum Gasteiger partial charge on any atom is -0.480 e. The van der Waals surface area contributed by atoms with Crippen molar-refractivity contribution in [1.82, 2.24) is 5.32 Å². The lowest BCUT2D eigenvalue weighted by Crippen LogP contribution is -2.57. The summed E-state index contributed by atoms with van der Waals surface area (Å²) in [5, 5.41) is 55.8. The molecule has 106 valence electrons. The van der Waals surface area contributed by atoms with Gasteiger partial charge in [0, 0.05) is 0 Å². The molecule has 0 radical (unpaired) electrons. The van der Waals surface area contributed by atoms with E-state index in [1.165, 1.54) is 0 Å². The first-order valence-electron chi connectivity index (χ1n) is 5.08. The lowest BCUT2D eigenvalue weighted by atomic mass is 10.0. The van der Waals surface area contributed by atoms with Gasteiger partial charge in [0.15, 0.2) is 6.04 Å². The Balaban J connectivity index is 4.79. The molecule has 0 spiro atoms. The van der Waals surface area contributed by atoms with E-state index >= 15 is 0 Å². The molecule has 0 aromatic heterocycles. The molecular formula is C9H17NO8. The molecule has 0 aliphatic carbocycles. The molecule has 0 heterocycles. The second kappa shape index (κ2) is 7.24. The predicted octanol–water partition coefficient (Wildman–Crippen LogP) is -3.99. The van der Waals surface area contributed by atoms with Crippen LogP contribution < -0.4 is 5.32 Å². The molecule has 9 heteroatoms. The number of aliphatic hydroxyl groups excluding tert-OH is 5. The van der Waals surface area contributed by atoms with Gasteiger partial charge in [-0.1, -0.05) is 0 Å². The van der Waals surface area contributed by atoms with Crippen molar-refractivity contribution in [2.45, 2.75) is 37.4 Å². The zero-order valence-electron chi connectivity index (χ0n) is 9.59. The predicted molar refractivity (Wildman–Crippen MR) is 56.4 cm³/mol. The van der Waals surface area contributed by atoms with Crippen molar-refractivity contribution in [3.05, 3.63) is 0 Å². The Bertz CT molecular complexity index is 294. The number of carbonyl (C=O) groups is 2. The van der Waals surface area contributed by atoms with E-state index in [1.807, 2.05) is 0 Å². The van der Waals surface area contributed by atoms with Gasteiger partial charge in [0.1, 0.15) is 24.4 Å². The average Bonchev–Trinajstić information content (AvgIpc) is 2.32. The monoisotopic (exact) mass is 267 g/mol. The van der Waals surface area contributed by atoms with Crippen molar-refractivity contribution in [2.75, 3.05) is 6.61 Å². The van der Waals surface area contributed by atoms with Gasteiger partial charge in [-0.15, -0.1) is 0 Å². The molecular weight excluding hydrogens is 250 g/mol. The van der Waals surface area contributed by atoms with Crippen LogP contribution in [0.15, 0.2) is 0 Å². The highest BCUT2D eigenvalue weighted by atomic mass is 16.4. The normalized spacial score (nSPS) is 19.4. The summed E-state index contributed by atoms with van der Waals surface area (Å²) in [5.41, 5.74) is 0. The summed E-state index contributed by atoms with van der Waals surface area (Å²) >= 11 is 0. The summed E-state index contributed by atoms with van der Waals surface area (Å²) in [5.74, 6) is -2.73. The summed E-state index contributed by atoms with van der Waals surface area (Å²) in [4.78, 5) is 21.9. The highest BCUT2D eigenvalue weighted by molar-refractivity contribution is 5.86. The Labute approximate surface area is 102 Å². The number of aliphatic hydroxyl groups is 5. The maximum atomic E-state index is 11.1. The van der Waals surface area contributed by atoms with Gasteiger partial charge >= 0.3 is 5.97 Å². The van der Waals surface area contributed by atoms with E-state index in [2.05, 4.69) is 0 Å². The van der Waals surface area contributed by atoms with Gasteiger partial charge in [0.2, 0.25) is 5.91 Å². The molecule has 0 fully saturated rings. The van der Waals surface area contributed by atoms with Gasteiger partial charge in [-0.25, -0.2) is 4.79 Å². The largest absolute Gasteiger partial charge is 0.480 e. The molecule has 0 aliphatic rings. The summed E-state index contributed by atoms with van der Waals surface area (Å²) in [7, 11) is 0. The van der Waals surface area contributed by atoms with Crippen LogP contribution in [0.4, 0.5) is 0 Å². The van der Waals surface area contributed by atoms with Gasteiger partial charge < -0.3 is 36.0 Å². The Morgan fingerprint density at radius 1 is 1.11 bits per heavy atom.